The maximum atomic E-state index is 12.8. The lowest BCUT2D eigenvalue weighted by Crippen LogP contribution is -2.33. The molecule has 0 bridgehead atoms. The predicted octanol–water partition coefficient (Wildman–Crippen LogP) is 4.65. The van der Waals surface area contributed by atoms with Gasteiger partial charge in [0, 0.05) is 42.3 Å². The summed E-state index contributed by atoms with van der Waals surface area (Å²) in [5.74, 6) is 1.07. The number of aliphatic hydroxyl groups is 1. The average Bonchev–Trinajstić information content (AvgIpc) is 3.70. The average molecular weight is 529 g/mol. The molecule has 1 fully saturated rings. The van der Waals surface area contributed by atoms with E-state index < -0.39 is 0 Å². The van der Waals surface area contributed by atoms with E-state index in [-0.39, 0.29) is 12.5 Å². The van der Waals surface area contributed by atoms with Gasteiger partial charge in [0.25, 0.3) is 5.91 Å². The highest BCUT2D eigenvalue weighted by atomic mass is 16.4. The van der Waals surface area contributed by atoms with Crippen LogP contribution in [-0.2, 0) is 13.0 Å². The number of aromatic nitrogens is 3. The first-order chi connectivity index (χ1) is 19.0. The highest BCUT2D eigenvalue weighted by molar-refractivity contribution is 5.95. The van der Waals surface area contributed by atoms with Gasteiger partial charge in [-0.05, 0) is 69.1 Å². The van der Waals surface area contributed by atoms with Gasteiger partial charge in [-0.3, -0.25) is 9.78 Å². The molecular weight excluding hydrogens is 492 g/mol. The first-order valence-corrected chi connectivity index (χ1v) is 13.6. The van der Waals surface area contributed by atoms with Crippen LogP contribution in [0.2, 0.25) is 0 Å². The number of aryl methyl sites for hydroxylation is 2. The number of hydrogen-bond donors (Lipinski definition) is 3. The van der Waals surface area contributed by atoms with E-state index in [0.717, 1.165) is 66.1 Å². The second-order valence-electron chi connectivity index (χ2n) is 10.0. The van der Waals surface area contributed by atoms with Crippen molar-refractivity contribution in [2.24, 2.45) is 0 Å². The van der Waals surface area contributed by atoms with Gasteiger partial charge in [-0.25, -0.2) is 4.52 Å². The van der Waals surface area contributed by atoms with E-state index in [1.165, 1.54) is 12.8 Å². The molecule has 0 aromatic carbocycles. The number of anilines is 1. The molecule has 5 heterocycles. The summed E-state index contributed by atoms with van der Waals surface area (Å²) in [5, 5.41) is 20.4. The lowest BCUT2D eigenvalue weighted by molar-refractivity contribution is 0.0949. The molecule has 1 aliphatic heterocycles. The molecule has 0 spiro atoms. The van der Waals surface area contributed by atoms with Gasteiger partial charge < -0.3 is 25.1 Å². The molecular formula is C30H36N6O3. The van der Waals surface area contributed by atoms with E-state index in [9.17, 15) is 9.90 Å². The molecule has 0 aliphatic carbocycles. The molecule has 1 saturated heterocycles. The zero-order valence-corrected chi connectivity index (χ0v) is 22.7. The summed E-state index contributed by atoms with van der Waals surface area (Å²) in [4.78, 5) is 19.6. The van der Waals surface area contributed by atoms with Crippen molar-refractivity contribution in [3.63, 3.8) is 0 Å². The van der Waals surface area contributed by atoms with Gasteiger partial charge >= 0.3 is 0 Å². The van der Waals surface area contributed by atoms with Crippen LogP contribution in [0, 0.1) is 6.92 Å². The molecule has 204 valence electrons. The third-order valence-corrected chi connectivity index (χ3v) is 7.22. The van der Waals surface area contributed by atoms with Crippen LogP contribution >= 0.6 is 0 Å². The minimum Gasteiger partial charge on any atom is -0.459 e. The third kappa shape index (κ3) is 5.89. The Bertz CT molecular complexity index is 1480. The molecule has 1 amide bonds. The number of hydrogen-bond acceptors (Lipinski definition) is 7. The predicted molar refractivity (Wildman–Crippen MR) is 152 cm³/mol. The Labute approximate surface area is 228 Å². The Balaban J connectivity index is 1.35. The maximum Gasteiger partial charge on any atom is 0.252 e. The number of nitrogens with zero attached hydrogens (tertiary/aromatic N) is 4. The number of amides is 1. The van der Waals surface area contributed by atoms with Crippen LogP contribution in [-0.4, -0.2) is 56.7 Å². The molecule has 4 aromatic rings. The zero-order chi connectivity index (χ0) is 27.4. The second kappa shape index (κ2) is 11.8. The van der Waals surface area contributed by atoms with Crippen molar-refractivity contribution in [3.8, 4) is 11.3 Å². The topological polar surface area (TPSA) is 108 Å². The molecule has 1 aliphatic rings. The number of rotatable bonds is 11. The summed E-state index contributed by atoms with van der Waals surface area (Å²) in [7, 11) is 0. The minimum atomic E-state index is -0.141. The monoisotopic (exact) mass is 528 g/mol. The summed E-state index contributed by atoms with van der Waals surface area (Å²) >= 11 is 0. The molecule has 5 rings (SSSR count). The molecule has 39 heavy (non-hydrogen) atoms. The Kier molecular flexibility index (Phi) is 8.09. The Hall–Kier alpha value is -3.95. The molecule has 0 saturated carbocycles. The summed E-state index contributed by atoms with van der Waals surface area (Å²) < 4.78 is 7.58. The fraction of sp³-hybridized carbons (Fsp3) is 0.367. The lowest BCUT2D eigenvalue weighted by atomic mass is 10.0. The molecule has 4 aromatic heterocycles. The summed E-state index contributed by atoms with van der Waals surface area (Å²) in [6.07, 6.45) is 9.61. The second-order valence-corrected chi connectivity index (χ2v) is 10.0. The van der Waals surface area contributed by atoms with E-state index >= 15 is 0 Å². The smallest absolute Gasteiger partial charge is 0.252 e. The molecule has 9 nitrogen and oxygen atoms in total. The van der Waals surface area contributed by atoms with Crippen molar-refractivity contribution >= 4 is 22.8 Å². The maximum absolute atomic E-state index is 12.8. The summed E-state index contributed by atoms with van der Waals surface area (Å²) in [6, 6.07) is 7.50. The van der Waals surface area contributed by atoms with E-state index in [2.05, 4.69) is 45.2 Å². The first-order valence-electron chi connectivity index (χ1n) is 13.6. The Morgan fingerprint density at radius 3 is 2.77 bits per heavy atom. The Morgan fingerprint density at radius 2 is 2.03 bits per heavy atom. The van der Waals surface area contributed by atoms with Crippen molar-refractivity contribution in [2.45, 2.75) is 46.1 Å². The first kappa shape index (κ1) is 26.6. The SMILES string of the molecule is C=C(Nc1cc(C(=O)NCCN2CCCC2)cnc1C)c1cnn2cc(-c3ccc(CO)o3)cc2c1CCC. The Morgan fingerprint density at radius 1 is 1.21 bits per heavy atom. The van der Waals surface area contributed by atoms with Gasteiger partial charge in [0.15, 0.2) is 0 Å². The van der Waals surface area contributed by atoms with Crippen LogP contribution in [0.5, 0.6) is 0 Å². The number of fused-ring (bicyclic) bond motifs is 1. The van der Waals surface area contributed by atoms with Crippen molar-refractivity contribution in [2.75, 3.05) is 31.5 Å². The quantitative estimate of drug-likeness (QED) is 0.260. The largest absolute Gasteiger partial charge is 0.459 e. The number of furan rings is 1. The number of likely N-dealkylation sites (tertiary alicyclic amines) is 1. The summed E-state index contributed by atoms with van der Waals surface area (Å²) in [5.41, 5.74) is 6.59. The molecule has 0 atom stereocenters. The van der Waals surface area contributed by atoms with Crippen LogP contribution in [0.25, 0.3) is 22.5 Å². The normalized spacial score (nSPS) is 13.7. The molecule has 0 unspecified atom stereocenters. The van der Waals surface area contributed by atoms with E-state index in [0.29, 0.717) is 29.3 Å². The van der Waals surface area contributed by atoms with Crippen molar-refractivity contribution < 1.29 is 14.3 Å². The lowest BCUT2D eigenvalue weighted by Gasteiger charge is -2.17. The number of carbonyl (C=O) groups excluding carboxylic acids is 1. The number of aliphatic hydroxyl groups excluding tert-OH is 1. The van der Waals surface area contributed by atoms with E-state index in [4.69, 9.17) is 4.42 Å². The van der Waals surface area contributed by atoms with Gasteiger partial charge in [0.05, 0.1) is 28.7 Å². The van der Waals surface area contributed by atoms with Gasteiger partial charge in [0.2, 0.25) is 0 Å². The summed E-state index contributed by atoms with van der Waals surface area (Å²) in [6.45, 7) is 11.9. The highest BCUT2D eigenvalue weighted by Gasteiger charge is 2.17. The van der Waals surface area contributed by atoms with Crippen molar-refractivity contribution in [1.29, 1.82) is 0 Å². The van der Waals surface area contributed by atoms with Crippen LogP contribution in [0.1, 0.15) is 59.1 Å². The van der Waals surface area contributed by atoms with Crippen molar-refractivity contribution in [3.05, 3.63) is 77.6 Å². The standard InChI is InChI=1S/C30H36N6O3/c1-4-7-25-26(17-33-36-18-23(15-28(25)36)29-9-8-24(19-37)39-29)20(2)34-27-14-22(16-32-21(27)3)30(38)31-10-13-35-11-5-6-12-35/h8-9,14-18,34,37H,2,4-7,10-13,19H2,1,3H3,(H,31,38). The van der Waals surface area contributed by atoms with Gasteiger partial charge in [-0.1, -0.05) is 19.9 Å². The van der Waals surface area contributed by atoms with Gasteiger partial charge in [-0.2, -0.15) is 5.10 Å². The minimum absolute atomic E-state index is 0.131. The third-order valence-electron chi connectivity index (χ3n) is 7.22. The molecule has 9 heteroatoms. The van der Waals surface area contributed by atoms with E-state index in [1.807, 2.05) is 36.0 Å². The van der Waals surface area contributed by atoms with Crippen LogP contribution in [0.4, 0.5) is 5.69 Å². The number of nitrogens with one attached hydrogen (secondary N) is 2. The van der Waals surface area contributed by atoms with Gasteiger partial charge in [0.1, 0.15) is 18.1 Å². The van der Waals surface area contributed by atoms with Crippen LogP contribution in [0.15, 0.2) is 53.9 Å². The van der Waals surface area contributed by atoms with E-state index in [1.54, 1.807) is 12.3 Å². The highest BCUT2D eigenvalue weighted by Crippen LogP contribution is 2.30. The number of carbonyl (C=O) groups is 1. The zero-order valence-electron chi connectivity index (χ0n) is 22.7. The fourth-order valence-corrected chi connectivity index (χ4v) is 5.08. The number of pyridine rings is 1. The van der Waals surface area contributed by atoms with Crippen molar-refractivity contribution in [1.82, 2.24) is 24.8 Å². The fourth-order valence-electron chi connectivity index (χ4n) is 5.08. The van der Waals surface area contributed by atoms with Crippen LogP contribution in [0.3, 0.4) is 0 Å². The molecule has 0 radical (unpaired) electrons. The molecule has 3 N–H and O–H groups in total. The van der Waals surface area contributed by atoms with Gasteiger partial charge in [-0.15, -0.1) is 0 Å². The van der Waals surface area contributed by atoms with Crippen LogP contribution < -0.4 is 10.6 Å².